The summed E-state index contributed by atoms with van der Waals surface area (Å²) in [7, 11) is 1.68. The normalized spacial score (nSPS) is 23.0. The number of aliphatic hydroxyl groups excluding tert-OH is 1. The van der Waals surface area contributed by atoms with Crippen LogP contribution >= 0.6 is 12.4 Å². The van der Waals surface area contributed by atoms with Crippen molar-refractivity contribution < 1.29 is 24.2 Å². The van der Waals surface area contributed by atoms with Gasteiger partial charge in [-0.3, -0.25) is 9.59 Å². The molecule has 0 saturated carbocycles. The first-order chi connectivity index (χ1) is 17.5. The van der Waals surface area contributed by atoms with Crippen LogP contribution in [0.15, 0.2) is 42.5 Å². The van der Waals surface area contributed by atoms with Crippen molar-refractivity contribution in [3.63, 3.8) is 0 Å². The van der Waals surface area contributed by atoms with Crippen molar-refractivity contribution in [2.24, 2.45) is 0 Å². The lowest BCUT2D eigenvalue weighted by atomic mass is 9.93. The van der Waals surface area contributed by atoms with Gasteiger partial charge in [-0.2, -0.15) is 0 Å². The van der Waals surface area contributed by atoms with Gasteiger partial charge in [-0.15, -0.1) is 12.4 Å². The Labute approximate surface area is 224 Å². The molecule has 0 aromatic heterocycles. The summed E-state index contributed by atoms with van der Waals surface area (Å²) in [4.78, 5) is 30.1. The van der Waals surface area contributed by atoms with Crippen molar-refractivity contribution >= 4 is 24.2 Å². The van der Waals surface area contributed by atoms with Crippen LogP contribution in [0.5, 0.6) is 5.75 Å². The van der Waals surface area contributed by atoms with Crippen LogP contribution in [0.25, 0.3) is 0 Å². The van der Waals surface area contributed by atoms with E-state index in [4.69, 9.17) is 9.47 Å². The Balaban J connectivity index is 0.00000320. The number of carbonyl (C=O) groups excluding carboxylic acids is 2. The van der Waals surface area contributed by atoms with Gasteiger partial charge in [-0.1, -0.05) is 24.3 Å². The van der Waals surface area contributed by atoms with E-state index in [2.05, 4.69) is 17.4 Å². The summed E-state index contributed by atoms with van der Waals surface area (Å²) in [6, 6.07) is 13.3. The second-order valence-corrected chi connectivity index (χ2v) is 9.99. The summed E-state index contributed by atoms with van der Waals surface area (Å²) in [6.45, 7) is 4.26. The molecule has 200 valence electrons. The summed E-state index contributed by atoms with van der Waals surface area (Å²) in [5, 5.41) is 14.3. The van der Waals surface area contributed by atoms with Crippen LogP contribution in [0.2, 0.25) is 0 Å². The standard InChI is InChI=1S/C28H35N3O5.ClH/c1-3-36-26-13-19(27(33)31-21-9-10-22(31)17-35-16-21)8-11-23(26)28(34)30(2)15-25(32)24-12-18-6-4-5-7-20(18)14-29-24;/h4-8,11,13,21-22,24-25,29,32H,3,9-10,12,14-17H2,1-2H3;1H/t21?,22?,24-,25+;/m0./s1. The lowest BCUT2D eigenvalue weighted by Gasteiger charge is -2.35. The molecule has 9 heteroatoms. The third kappa shape index (κ3) is 5.62. The van der Waals surface area contributed by atoms with Crippen LogP contribution in [0.4, 0.5) is 0 Å². The topological polar surface area (TPSA) is 91.3 Å². The molecule has 5 rings (SSSR count). The maximum Gasteiger partial charge on any atom is 0.257 e. The summed E-state index contributed by atoms with van der Waals surface area (Å²) in [6.07, 6.45) is 1.91. The minimum Gasteiger partial charge on any atom is -0.493 e. The van der Waals surface area contributed by atoms with E-state index in [9.17, 15) is 14.7 Å². The van der Waals surface area contributed by atoms with Gasteiger partial charge in [0.15, 0.2) is 0 Å². The van der Waals surface area contributed by atoms with Gasteiger partial charge < -0.3 is 29.7 Å². The number of nitrogens with zero attached hydrogens (tertiary/aromatic N) is 2. The van der Waals surface area contributed by atoms with Crippen molar-refractivity contribution in [3.8, 4) is 5.75 Å². The molecular formula is C28H36ClN3O5. The molecule has 0 spiro atoms. The van der Waals surface area contributed by atoms with Crippen molar-refractivity contribution in [2.45, 2.75) is 57.0 Å². The summed E-state index contributed by atoms with van der Waals surface area (Å²) >= 11 is 0. The van der Waals surface area contributed by atoms with Gasteiger partial charge in [-0.25, -0.2) is 0 Å². The van der Waals surface area contributed by atoms with E-state index in [0.29, 0.717) is 49.7 Å². The molecule has 2 unspecified atom stereocenters. The van der Waals surface area contributed by atoms with Gasteiger partial charge in [-0.05, 0) is 55.5 Å². The molecule has 2 saturated heterocycles. The van der Waals surface area contributed by atoms with Gasteiger partial charge >= 0.3 is 0 Å². The zero-order valence-corrected chi connectivity index (χ0v) is 22.2. The second kappa shape index (κ2) is 11.8. The van der Waals surface area contributed by atoms with Crippen LogP contribution in [0, 0.1) is 0 Å². The number of halogens is 1. The van der Waals surface area contributed by atoms with Crippen molar-refractivity contribution in [1.82, 2.24) is 15.1 Å². The Morgan fingerprint density at radius 3 is 2.57 bits per heavy atom. The Morgan fingerprint density at radius 2 is 1.86 bits per heavy atom. The molecule has 2 fully saturated rings. The average Bonchev–Trinajstić information content (AvgIpc) is 3.15. The Bertz CT molecular complexity index is 1110. The Morgan fingerprint density at radius 1 is 1.16 bits per heavy atom. The van der Waals surface area contributed by atoms with Crippen molar-refractivity contribution in [2.75, 3.05) is 33.4 Å². The van der Waals surface area contributed by atoms with E-state index in [1.165, 1.54) is 16.0 Å². The van der Waals surface area contributed by atoms with Crippen LogP contribution in [0.3, 0.4) is 0 Å². The maximum atomic E-state index is 13.4. The lowest BCUT2D eigenvalue weighted by Crippen LogP contribution is -2.49. The minimum atomic E-state index is -0.722. The molecule has 3 heterocycles. The molecule has 2 bridgehead atoms. The SMILES string of the molecule is CCOc1cc(C(=O)N2C3CCC2COC3)ccc1C(=O)N(C)C[C@@H](O)[C@@H]1Cc2ccccc2CN1.Cl. The monoisotopic (exact) mass is 529 g/mol. The predicted octanol–water partition coefficient (Wildman–Crippen LogP) is 2.66. The average molecular weight is 530 g/mol. The van der Waals surface area contributed by atoms with E-state index < -0.39 is 6.10 Å². The predicted molar refractivity (Wildman–Crippen MR) is 142 cm³/mol. The largest absolute Gasteiger partial charge is 0.493 e. The number of likely N-dealkylation sites (N-methyl/N-ethyl adjacent to an activating group) is 1. The van der Waals surface area contributed by atoms with Crippen LogP contribution in [-0.2, 0) is 17.7 Å². The number of amides is 2. The molecule has 0 aliphatic carbocycles. The smallest absolute Gasteiger partial charge is 0.257 e. The summed E-state index contributed by atoms with van der Waals surface area (Å²) in [5.41, 5.74) is 3.37. The molecule has 2 amide bonds. The van der Waals surface area contributed by atoms with E-state index in [1.54, 1.807) is 25.2 Å². The molecular weight excluding hydrogens is 494 g/mol. The lowest BCUT2D eigenvalue weighted by molar-refractivity contribution is -0.00717. The highest BCUT2D eigenvalue weighted by molar-refractivity contribution is 6.00. The van der Waals surface area contributed by atoms with E-state index in [-0.39, 0.29) is 48.9 Å². The molecule has 8 nitrogen and oxygen atoms in total. The number of ether oxygens (including phenoxy) is 2. The van der Waals surface area contributed by atoms with Crippen LogP contribution in [-0.4, -0.2) is 84.4 Å². The number of fused-ring (bicyclic) bond motifs is 3. The highest BCUT2D eigenvalue weighted by Crippen LogP contribution is 2.32. The Hall–Kier alpha value is -2.65. The number of benzene rings is 2. The minimum absolute atomic E-state index is 0. The highest BCUT2D eigenvalue weighted by Gasteiger charge is 2.41. The summed E-state index contributed by atoms with van der Waals surface area (Å²) < 4.78 is 11.4. The van der Waals surface area contributed by atoms with Crippen LogP contribution < -0.4 is 10.1 Å². The quantitative estimate of drug-likeness (QED) is 0.573. The number of morpholine rings is 1. The number of rotatable bonds is 7. The number of nitrogens with one attached hydrogen (secondary N) is 1. The number of carbonyl (C=O) groups is 2. The van der Waals surface area contributed by atoms with Gasteiger partial charge in [0.25, 0.3) is 11.8 Å². The summed E-state index contributed by atoms with van der Waals surface area (Å²) in [5.74, 6) is 0.0948. The highest BCUT2D eigenvalue weighted by atomic mass is 35.5. The molecule has 2 N–H and O–H groups in total. The fourth-order valence-electron chi connectivity index (χ4n) is 5.66. The number of hydrogen-bond donors (Lipinski definition) is 2. The fourth-order valence-corrected chi connectivity index (χ4v) is 5.66. The second-order valence-electron chi connectivity index (χ2n) is 9.99. The fraction of sp³-hybridized carbons (Fsp3) is 0.500. The van der Waals surface area contributed by atoms with Gasteiger partial charge in [0, 0.05) is 31.7 Å². The Kier molecular flexibility index (Phi) is 8.75. The van der Waals surface area contributed by atoms with Gasteiger partial charge in [0.1, 0.15) is 5.75 Å². The first-order valence-corrected chi connectivity index (χ1v) is 12.9. The first kappa shape index (κ1) is 27.4. The molecule has 2 aromatic carbocycles. The van der Waals surface area contributed by atoms with Crippen molar-refractivity contribution in [1.29, 1.82) is 0 Å². The number of hydrogen-bond acceptors (Lipinski definition) is 6. The third-order valence-electron chi connectivity index (χ3n) is 7.62. The van der Waals surface area contributed by atoms with Gasteiger partial charge in [0.05, 0.1) is 43.6 Å². The zero-order valence-electron chi connectivity index (χ0n) is 21.4. The third-order valence-corrected chi connectivity index (χ3v) is 7.62. The molecule has 37 heavy (non-hydrogen) atoms. The van der Waals surface area contributed by atoms with Crippen LogP contribution in [0.1, 0.15) is 51.6 Å². The number of aliphatic hydroxyl groups is 1. The molecule has 0 radical (unpaired) electrons. The van der Waals surface area contributed by atoms with Crippen molar-refractivity contribution in [3.05, 3.63) is 64.7 Å². The van der Waals surface area contributed by atoms with E-state index in [0.717, 1.165) is 12.8 Å². The van der Waals surface area contributed by atoms with E-state index >= 15 is 0 Å². The molecule has 3 aliphatic rings. The first-order valence-electron chi connectivity index (χ1n) is 12.9. The zero-order chi connectivity index (χ0) is 25.2. The molecule has 2 aromatic rings. The molecule has 4 atom stereocenters. The van der Waals surface area contributed by atoms with E-state index in [1.807, 2.05) is 24.0 Å². The molecule has 3 aliphatic heterocycles. The maximum absolute atomic E-state index is 13.4. The van der Waals surface area contributed by atoms with Gasteiger partial charge in [0.2, 0.25) is 0 Å².